The minimum Gasteiger partial charge on any atom is -0.390 e. The van der Waals surface area contributed by atoms with E-state index in [-0.39, 0.29) is 11.9 Å². The molecule has 128 valence electrons. The molecular weight excluding hydrogens is 303 g/mol. The number of benzene rings is 1. The Labute approximate surface area is 142 Å². The van der Waals surface area contributed by atoms with E-state index in [0.29, 0.717) is 18.4 Å². The lowest BCUT2D eigenvalue weighted by Gasteiger charge is -2.32. The molecule has 2 aromatic rings. The van der Waals surface area contributed by atoms with Gasteiger partial charge in [-0.2, -0.15) is 0 Å². The second-order valence-electron chi connectivity index (χ2n) is 7.18. The van der Waals surface area contributed by atoms with Gasteiger partial charge in [-0.3, -0.25) is 0 Å². The summed E-state index contributed by atoms with van der Waals surface area (Å²) in [5.41, 5.74) is 3.43. The molecule has 4 rings (SSSR count). The smallest absolute Gasteiger partial charge is 0.123 e. The first kappa shape index (κ1) is 15.9. The number of halogens is 1. The van der Waals surface area contributed by atoms with Crippen molar-refractivity contribution in [3.05, 3.63) is 41.3 Å². The number of aliphatic hydroxyl groups excluding tert-OH is 1. The highest BCUT2D eigenvalue weighted by atomic mass is 19.1. The first-order valence-corrected chi connectivity index (χ1v) is 9.02. The van der Waals surface area contributed by atoms with Crippen LogP contribution in [0.2, 0.25) is 0 Å². The van der Waals surface area contributed by atoms with Crippen molar-refractivity contribution in [2.45, 2.75) is 44.8 Å². The van der Waals surface area contributed by atoms with Crippen LogP contribution in [-0.2, 0) is 0 Å². The van der Waals surface area contributed by atoms with E-state index in [0.717, 1.165) is 36.0 Å². The number of rotatable bonds is 2. The molecule has 0 spiro atoms. The number of fused-ring (bicyclic) bond motifs is 3. The molecule has 1 aromatic carbocycles. The molecule has 0 bridgehead atoms. The maximum Gasteiger partial charge on any atom is 0.123 e. The summed E-state index contributed by atoms with van der Waals surface area (Å²) in [5, 5.41) is 14.8. The van der Waals surface area contributed by atoms with Crippen LogP contribution in [0.1, 0.15) is 49.9 Å². The molecule has 1 fully saturated rings. The minimum atomic E-state index is -0.420. The summed E-state index contributed by atoms with van der Waals surface area (Å²) >= 11 is 0. The van der Waals surface area contributed by atoms with Crippen molar-refractivity contribution in [3.63, 3.8) is 0 Å². The quantitative estimate of drug-likeness (QED) is 0.879. The fourth-order valence-corrected chi connectivity index (χ4v) is 4.55. The predicted octanol–water partition coefficient (Wildman–Crippen LogP) is 3.83. The van der Waals surface area contributed by atoms with E-state index in [1.54, 1.807) is 6.07 Å². The van der Waals surface area contributed by atoms with E-state index in [2.05, 4.69) is 35.9 Å². The zero-order chi connectivity index (χ0) is 16.8. The first-order valence-electron chi connectivity index (χ1n) is 9.02. The van der Waals surface area contributed by atoms with E-state index < -0.39 is 6.10 Å². The molecule has 1 aromatic heterocycles. The van der Waals surface area contributed by atoms with Crippen molar-refractivity contribution in [3.8, 4) is 0 Å². The molecule has 0 radical (unpaired) electrons. The third kappa shape index (κ3) is 2.32. The van der Waals surface area contributed by atoms with Crippen LogP contribution in [0.3, 0.4) is 0 Å². The topological polar surface area (TPSA) is 37.2 Å². The summed E-state index contributed by atoms with van der Waals surface area (Å²) < 4.78 is 16.2. The summed E-state index contributed by atoms with van der Waals surface area (Å²) in [7, 11) is 0. The lowest BCUT2D eigenvalue weighted by molar-refractivity contribution is 0.0890. The molecule has 0 amide bonds. The molecule has 1 saturated heterocycles. The van der Waals surface area contributed by atoms with Gasteiger partial charge in [0.25, 0.3) is 0 Å². The number of piperidine rings is 1. The van der Waals surface area contributed by atoms with E-state index in [4.69, 9.17) is 0 Å². The van der Waals surface area contributed by atoms with Gasteiger partial charge in [0.2, 0.25) is 0 Å². The van der Waals surface area contributed by atoms with Gasteiger partial charge in [0, 0.05) is 23.1 Å². The zero-order valence-electron chi connectivity index (χ0n) is 14.3. The van der Waals surface area contributed by atoms with Crippen molar-refractivity contribution in [1.29, 1.82) is 0 Å². The second-order valence-corrected chi connectivity index (χ2v) is 7.18. The van der Waals surface area contributed by atoms with Gasteiger partial charge in [0.15, 0.2) is 0 Å². The molecular formula is C20H25FN2O. The van der Waals surface area contributed by atoms with Crippen molar-refractivity contribution in [2.24, 2.45) is 5.92 Å². The molecule has 2 N–H and O–H groups in total. The number of hydrogen-bond acceptors (Lipinski definition) is 2. The van der Waals surface area contributed by atoms with Gasteiger partial charge in [-0.25, -0.2) is 4.39 Å². The lowest BCUT2D eigenvalue weighted by atomic mass is 9.80. The van der Waals surface area contributed by atoms with Crippen LogP contribution in [0, 0.1) is 11.7 Å². The van der Waals surface area contributed by atoms with Gasteiger partial charge in [-0.05, 0) is 61.1 Å². The zero-order valence-corrected chi connectivity index (χ0v) is 14.3. The Balaban J connectivity index is 1.97. The predicted molar refractivity (Wildman–Crippen MR) is 95.7 cm³/mol. The summed E-state index contributed by atoms with van der Waals surface area (Å²) in [6, 6.07) is 5.11. The Morgan fingerprint density at radius 1 is 1.38 bits per heavy atom. The number of hydrogen-bond donors (Lipinski definition) is 2. The summed E-state index contributed by atoms with van der Waals surface area (Å²) in [4.78, 5) is 0. The van der Waals surface area contributed by atoms with Gasteiger partial charge in [0.05, 0.1) is 12.1 Å². The molecule has 1 aliphatic heterocycles. The van der Waals surface area contributed by atoms with Crippen LogP contribution in [0.4, 0.5) is 4.39 Å². The third-order valence-corrected chi connectivity index (χ3v) is 5.86. The number of nitrogens with zero attached hydrogens (tertiary/aromatic N) is 1. The van der Waals surface area contributed by atoms with Gasteiger partial charge in [-0.15, -0.1) is 0 Å². The monoisotopic (exact) mass is 328 g/mol. The molecule has 4 atom stereocenters. The van der Waals surface area contributed by atoms with E-state index in [9.17, 15) is 9.50 Å². The van der Waals surface area contributed by atoms with E-state index in [1.807, 2.05) is 6.07 Å². The van der Waals surface area contributed by atoms with Crippen LogP contribution in [0.5, 0.6) is 0 Å². The molecule has 0 saturated carbocycles. The highest BCUT2D eigenvalue weighted by Crippen LogP contribution is 2.44. The van der Waals surface area contributed by atoms with Crippen molar-refractivity contribution in [1.82, 2.24) is 9.88 Å². The molecule has 1 aliphatic carbocycles. The van der Waals surface area contributed by atoms with Crippen LogP contribution in [0.15, 0.2) is 24.3 Å². The largest absolute Gasteiger partial charge is 0.390 e. The molecule has 4 heteroatoms. The Hall–Kier alpha value is -1.65. The van der Waals surface area contributed by atoms with Crippen LogP contribution >= 0.6 is 0 Å². The van der Waals surface area contributed by atoms with E-state index >= 15 is 0 Å². The maximum atomic E-state index is 14.0. The Bertz CT molecular complexity index is 795. The number of allylic oxidation sites excluding steroid dienone is 1. The lowest BCUT2D eigenvalue weighted by Crippen LogP contribution is -2.41. The van der Waals surface area contributed by atoms with Crippen molar-refractivity contribution < 1.29 is 9.50 Å². The molecule has 2 heterocycles. The van der Waals surface area contributed by atoms with Crippen LogP contribution in [0.25, 0.3) is 17.0 Å². The average Bonchev–Trinajstić information content (AvgIpc) is 2.90. The summed E-state index contributed by atoms with van der Waals surface area (Å²) in [6.07, 6.45) is 6.02. The highest BCUT2D eigenvalue weighted by molar-refractivity contribution is 5.90. The fourth-order valence-electron chi connectivity index (χ4n) is 4.55. The highest BCUT2D eigenvalue weighted by Gasteiger charge is 2.33. The number of aliphatic hydroxyl groups is 1. The van der Waals surface area contributed by atoms with Crippen molar-refractivity contribution in [2.75, 3.05) is 13.1 Å². The Morgan fingerprint density at radius 2 is 2.21 bits per heavy atom. The van der Waals surface area contributed by atoms with Crippen molar-refractivity contribution >= 4 is 17.0 Å². The normalized spacial score (nSPS) is 29.8. The molecule has 24 heavy (non-hydrogen) atoms. The summed E-state index contributed by atoms with van der Waals surface area (Å²) in [5.74, 6) is 0.653. The first-order chi connectivity index (χ1) is 11.6. The molecule has 4 unspecified atom stereocenters. The van der Waals surface area contributed by atoms with Gasteiger partial charge >= 0.3 is 0 Å². The Kier molecular flexibility index (Phi) is 3.97. The van der Waals surface area contributed by atoms with Gasteiger partial charge in [0.1, 0.15) is 5.82 Å². The fraction of sp³-hybridized carbons (Fsp3) is 0.500. The molecule has 2 aliphatic rings. The SMILES string of the molecule is CCC1C=Cc2c(c3cc(F)ccc3n2C2CCNCC2O)C1C. The average molecular weight is 328 g/mol. The van der Waals surface area contributed by atoms with Gasteiger partial charge in [-0.1, -0.05) is 19.9 Å². The summed E-state index contributed by atoms with van der Waals surface area (Å²) in [6.45, 7) is 5.95. The number of β-amino-alcohol motifs (C(OH)–C–C–N with tert-alkyl or cyclic N) is 1. The number of nitrogens with one attached hydrogen (secondary N) is 1. The van der Waals surface area contributed by atoms with Gasteiger partial charge < -0.3 is 15.0 Å². The van der Waals surface area contributed by atoms with E-state index in [1.165, 1.54) is 11.6 Å². The standard InChI is InChI=1S/C20H25FN2O/c1-3-13-4-6-18-20(12(13)2)15-10-14(21)5-7-16(15)23(18)17-8-9-22-11-19(17)24/h4-7,10,12-13,17,19,22,24H,3,8-9,11H2,1-2H3. The Morgan fingerprint density at radius 3 is 2.96 bits per heavy atom. The maximum absolute atomic E-state index is 14.0. The van der Waals surface area contributed by atoms with Crippen LogP contribution < -0.4 is 5.32 Å². The molecule has 3 nitrogen and oxygen atoms in total. The second kappa shape index (κ2) is 6.01. The third-order valence-electron chi connectivity index (χ3n) is 5.86. The minimum absolute atomic E-state index is 0.0398. The van der Waals surface area contributed by atoms with Crippen LogP contribution in [-0.4, -0.2) is 28.9 Å². The number of aromatic nitrogens is 1.